The summed E-state index contributed by atoms with van der Waals surface area (Å²) in [6.07, 6.45) is 2.36. The van der Waals surface area contributed by atoms with Crippen LogP contribution in [0.15, 0.2) is 47.1 Å². The predicted octanol–water partition coefficient (Wildman–Crippen LogP) is 2.72. The number of anilines is 1. The van der Waals surface area contributed by atoms with Gasteiger partial charge in [0.1, 0.15) is 5.76 Å². The van der Waals surface area contributed by atoms with E-state index in [0.717, 1.165) is 12.2 Å². The zero-order valence-corrected chi connectivity index (χ0v) is 10.6. The van der Waals surface area contributed by atoms with E-state index >= 15 is 0 Å². The lowest BCUT2D eigenvalue weighted by Crippen LogP contribution is -2.14. The number of furan rings is 1. The Morgan fingerprint density at radius 2 is 2.10 bits per heavy atom. The average molecular weight is 271 g/mol. The van der Waals surface area contributed by atoms with Crippen molar-refractivity contribution in [1.29, 1.82) is 0 Å². The summed E-state index contributed by atoms with van der Waals surface area (Å²) in [5.74, 6) is -0.262. The van der Waals surface area contributed by atoms with E-state index in [0.29, 0.717) is 5.69 Å². The van der Waals surface area contributed by atoms with Gasteiger partial charge in [-0.15, -0.1) is 0 Å². The van der Waals surface area contributed by atoms with E-state index in [1.165, 1.54) is 12.1 Å². The van der Waals surface area contributed by atoms with Crippen molar-refractivity contribution in [3.8, 4) is 0 Å². The number of carboxylic acids is 1. The first-order valence-electron chi connectivity index (χ1n) is 6.33. The second-order valence-electron chi connectivity index (χ2n) is 4.84. The van der Waals surface area contributed by atoms with Gasteiger partial charge in [0.2, 0.25) is 5.91 Å². The number of carbonyl (C=O) groups excluding carboxylic acids is 1. The maximum Gasteiger partial charge on any atom is 0.335 e. The molecule has 5 heteroatoms. The van der Waals surface area contributed by atoms with Crippen LogP contribution in [0.4, 0.5) is 5.69 Å². The minimum atomic E-state index is -1.01. The van der Waals surface area contributed by atoms with Crippen LogP contribution in [0.3, 0.4) is 0 Å². The first kappa shape index (κ1) is 12.5. The van der Waals surface area contributed by atoms with Crippen molar-refractivity contribution >= 4 is 17.6 Å². The molecule has 1 aliphatic carbocycles. The second kappa shape index (κ2) is 4.85. The van der Waals surface area contributed by atoms with E-state index in [9.17, 15) is 9.59 Å². The Bertz CT molecular complexity index is 648. The molecule has 3 rings (SSSR count). The Morgan fingerprint density at radius 1 is 1.25 bits per heavy atom. The quantitative estimate of drug-likeness (QED) is 0.896. The maximum atomic E-state index is 12.1. The van der Waals surface area contributed by atoms with Crippen molar-refractivity contribution in [2.75, 3.05) is 5.32 Å². The number of hydrogen-bond donors (Lipinski definition) is 2. The highest BCUT2D eigenvalue weighted by Crippen LogP contribution is 2.48. The van der Waals surface area contributed by atoms with Crippen LogP contribution in [0.2, 0.25) is 0 Å². The van der Waals surface area contributed by atoms with Crippen molar-refractivity contribution in [3.63, 3.8) is 0 Å². The summed E-state index contributed by atoms with van der Waals surface area (Å²) in [5.41, 5.74) is 0.654. The number of benzene rings is 1. The van der Waals surface area contributed by atoms with E-state index in [1.807, 2.05) is 6.07 Å². The van der Waals surface area contributed by atoms with E-state index in [1.54, 1.807) is 24.5 Å². The van der Waals surface area contributed by atoms with Crippen LogP contribution in [0.25, 0.3) is 0 Å². The topological polar surface area (TPSA) is 79.5 Å². The molecular weight excluding hydrogens is 258 g/mol. The van der Waals surface area contributed by atoms with Crippen molar-refractivity contribution in [2.45, 2.75) is 12.3 Å². The van der Waals surface area contributed by atoms with Gasteiger partial charge in [0.25, 0.3) is 0 Å². The summed E-state index contributed by atoms with van der Waals surface area (Å²) < 4.78 is 5.28. The summed E-state index contributed by atoms with van der Waals surface area (Å²) in [7, 11) is 0. The minimum absolute atomic E-state index is 0.102. The molecular formula is C15H13NO4. The molecule has 2 N–H and O–H groups in total. The largest absolute Gasteiger partial charge is 0.478 e. The maximum absolute atomic E-state index is 12.1. The number of amides is 1. The number of hydrogen-bond acceptors (Lipinski definition) is 3. The highest BCUT2D eigenvalue weighted by molar-refractivity contribution is 5.96. The molecule has 5 nitrogen and oxygen atoms in total. The molecule has 0 aliphatic heterocycles. The van der Waals surface area contributed by atoms with Crippen LogP contribution in [-0.4, -0.2) is 17.0 Å². The van der Waals surface area contributed by atoms with Crippen LogP contribution in [-0.2, 0) is 4.79 Å². The number of rotatable bonds is 4. The fraction of sp³-hybridized carbons (Fsp3) is 0.200. The lowest BCUT2D eigenvalue weighted by molar-refractivity contribution is -0.117. The zero-order chi connectivity index (χ0) is 14.1. The molecule has 20 heavy (non-hydrogen) atoms. The highest BCUT2D eigenvalue weighted by Gasteiger charge is 2.45. The summed E-state index contributed by atoms with van der Waals surface area (Å²) >= 11 is 0. The standard InChI is InChI=1S/C15H13NO4/c17-14(12-8-11(12)13-5-2-6-20-13)16-10-4-1-3-9(7-10)15(18)19/h1-7,11-12H,8H2,(H,16,17)(H,18,19)/t11-,12+/m1/s1. The highest BCUT2D eigenvalue weighted by atomic mass is 16.4. The molecule has 0 bridgehead atoms. The SMILES string of the molecule is O=C(O)c1cccc(NC(=O)[C@H]2C[C@H]2c2ccco2)c1. The molecule has 0 spiro atoms. The van der Waals surface area contributed by atoms with Gasteiger partial charge in [-0.3, -0.25) is 4.79 Å². The molecule has 102 valence electrons. The Labute approximate surface area is 115 Å². The predicted molar refractivity (Wildman–Crippen MR) is 71.6 cm³/mol. The van der Waals surface area contributed by atoms with Crippen molar-refractivity contribution in [1.82, 2.24) is 0 Å². The fourth-order valence-electron chi connectivity index (χ4n) is 2.27. The molecule has 1 aromatic heterocycles. The lowest BCUT2D eigenvalue weighted by Gasteiger charge is -2.05. The van der Waals surface area contributed by atoms with Crippen molar-refractivity contribution in [2.24, 2.45) is 5.92 Å². The Hall–Kier alpha value is -2.56. The molecule has 1 aliphatic rings. The summed E-state index contributed by atoms with van der Waals surface area (Å²) in [4.78, 5) is 22.9. The van der Waals surface area contributed by atoms with Gasteiger partial charge in [0.05, 0.1) is 11.8 Å². The normalized spacial score (nSPS) is 20.4. The first-order valence-corrected chi connectivity index (χ1v) is 6.33. The lowest BCUT2D eigenvalue weighted by atomic mass is 10.2. The van der Waals surface area contributed by atoms with E-state index < -0.39 is 5.97 Å². The molecule has 2 aromatic rings. The van der Waals surface area contributed by atoms with Gasteiger partial charge >= 0.3 is 5.97 Å². The van der Waals surface area contributed by atoms with Crippen LogP contribution in [0.1, 0.15) is 28.5 Å². The Morgan fingerprint density at radius 3 is 2.80 bits per heavy atom. The molecule has 1 fully saturated rings. The molecule has 0 saturated heterocycles. The summed E-state index contributed by atoms with van der Waals surface area (Å²) in [6.45, 7) is 0. The number of carbonyl (C=O) groups is 2. The smallest absolute Gasteiger partial charge is 0.335 e. The second-order valence-corrected chi connectivity index (χ2v) is 4.84. The molecule has 1 aromatic carbocycles. The summed E-state index contributed by atoms with van der Waals surface area (Å²) in [5, 5.41) is 11.7. The van der Waals surface area contributed by atoms with Crippen LogP contribution >= 0.6 is 0 Å². The van der Waals surface area contributed by atoms with Crippen LogP contribution in [0.5, 0.6) is 0 Å². The average Bonchev–Trinajstić information content (AvgIpc) is 3.05. The number of aromatic carboxylic acids is 1. The van der Waals surface area contributed by atoms with Crippen LogP contribution < -0.4 is 5.32 Å². The van der Waals surface area contributed by atoms with Crippen molar-refractivity contribution < 1.29 is 19.1 Å². The third-order valence-corrected chi connectivity index (χ3v) is 3.41. The molecule has 0 unspecified atom stereocenters. The Balaban J connectivity index is 1.66. The molecule has 1 heterocycles. The van der Waals surface area contributed by atoms with Gasteiger partial charge < -0.3 is 14.8 Å². The van der Waals surface area contributed by atoms with Gasteiger partial charge in [0, 0.05) is 17.5 Å². The third-order valence-electron chi connectivity index (χ3n) is 3.41. The minimum Gasteiger partial charge on any atom is -0.478 e. The summed E-state index contributed by atoms with van der Waals surface area (Å²) in [6, 6.07) is 9.89. The van der Waals surface area contributed by atoms with Gasteiger partial charge in [-0.05, 0) is 36.8 Å². The molecule has 1 amide bonds. The van der Waals surface area contributed by atoms with Gasteiger partial charge in [-0.25, -0.2) is 4.79 Å². The molecule has 0 radical (unpaired) electrons. The van der Waals surface area contributed by atoms with E-state index in [2.05, 4.69) is 5.32 Å². The van der Waals surface area contributed by atoms with Gasteiger partial charge in [0.15, 0.2) is 0 Å². The van der Waals surface area contributed by atoms with E-state index in [-0.39, 0.29) is 23.3 Å². The van der Waals surface area contributed by atoms with Gasteiger partial charge in [-0.1, -0.05) is 6.07 Å². The number of nitrogens with one attached hydrogen (secondary N) is 1. The molecule has 2 atom stereocenters. The van der Waals surface area contributed by atoms with E-state index in [4.69, 9.17) is 9.52 Å². The van der Waals surface area contributed by atoms with Gasteiger partial charge in [-0.2, -0.15) is 0 Å². The Kier molecular flexibility index (Phi) is 3.02. The van der Waals surface area contributed by atoms with Crippen LogP contribution in [0, 0.1) is 5.92 Å². The van der Waals surface area contributed by atoms with Crippen molar-refractivity contribution in [3.05, 3.63) is 54.0 Å². The first-order chi connectivity index (χ1) is 9.65. The molecule has 1 saturated carbocycles. The monoisotopic (exact) mass is 271 g/mol. The zero-order valence-electron chi connectivity index (χ0n) is 10.6. The fourth-order valence-corrected chi connectivity index (χ4v) is 2.27. The third kappa shape index (κ3) is 2.42. The number of carboxylic acid groups (broad SMARTS) is 1.